The van der Waals surface area contributed by atoms with Crippen LogP contribution in [-0.4, -0.2) is 51.0 Å². The lowest BCUT2D eigenvalue weighted by molar-refractivity contribution is -0.139. The van der Waals surface area contributed by atoms with Crippen LogP contribution < -0.4 is 9.62 Å². The third-order valence-electron chi connectivity index (χ3n) is 4.83. The number of amides is 2. The second-order valence-corrected chi connectivity index (χ2v) is 9.85. The molecule has 0 saturated heterocycles. The van der Waals surface area contributed by atoms with Gasteiger partial charge in [-0.25, -0.2) is 8.42 Å². The van der Waals surface area contributed by atoms with Crippen LogP contribution in [0.3, 0.4) is 0 Å². The Balaban J connectivity index is 2.43. The molecule has 0 bridgehead atoms. The van der Waals surface area contributed by atoms with Gasteiger partial charge in [0, 0.05) is 23.6 Å². The zero-order valence-corrected chi connectivity index (χ0v) is 20.1. The van der Waals surface area contributed by atoms with Crippen molar-refractivity contribution in [2.75, 3.05) is 24.2 Å². The molecule has 0 aliphatic rings. The van der Waals surface area contributed by atoms with Gasteiger partial charge >= 0.3 is 0 Å². The number of sulfonamides is 1. The Bertz CT molecular complexity index is 1080. The topological polar surface area (TPSA) is 86.8 Å². The fourth-order valence-corrected chi connectivity index (χ4v) is 4.44. The van der Waals surface area contributed by atoms with Crippen LogP contribution in [0, 0.1) is 6.92 Å². The van der Waals surface area contributed by atoms with Gasteiger partial charge in [0.15, 0.2) is 0 Å². The lowest BCUT2D eigenvalue weighted by atomic mass is 10.1. The predicted octanol–water partition coefficient (Wildman–Crippen LogP) is 3.23. The van der Waals surface area contributed by atoms with Gasteiger partial charge < -0.3 is 10.2 Å². The van der Waals surface area contributed by atoms with Gasteiger partial charge in [0.05, 0.1) is 11.9 Å². The Kier molecular flexibility index (Phi) is 8.34. The quantitative estimate of drug-likeness (QED) is 0.621. The first-order valence-electron chi connectivity index (χ1n) is 9.44. The van der Waals surface area contributed by atoms with Crippen molar-refractivity contribution < 1.29 is 18.0 Å². The van der Waals surface area contributed by atoms with Gasteiger partial charge in [-0.2, -0.15) is 0 Å². The molecule has 10 heteroatoms. The first kappa shape index (κ1) is 25.0. The highest BCUT2D eigenvalue weighted by molar-refractivity contribution is 7.92. The van der Waals surface area contributed by atoms with E-state index in [2.05, 4.69) is 5.32 Å². The molecule has 0 heterocycles. The fourth-order valence-electron chi connectivity index (χ4n) is 3.06. The summed E-state index contributed by atoms with van der Waals surface area (Å²) in [4.78, 5) is 26.9. The van der Waals surface area contributed by atoms with E-state index in [-0.39, 0.29) is 12.5 Å². The lowest BCUT2D eigenvalue weighted by Crippen LogP contribution is -2.50. The van der Waals surface area contributed by atoms with Gasteiger partial charge in [0.2, 0.25) is 21.8 Å². The maximum absolute atomic E-state index is 13.3. The standard InChI is InChI=1S/C21H25Cl2N3O4S/c1-14-7-5-6-8-19(14)26(31(4,29)30)13-20(27)25(15(2)21(28)24-3)12-16-9-10-17(22)11-18(16)23/h5-11,15H,12-13H2,1-4H3,(H,24,28)/t15-/m0/s1. The molecule has 0 saturated carbocycles. The molecule has 1 atom stereocenters. The molecule has 0 aliphatic heterocycles. The van der Waals surface area contributed by atoms with Gasteiger partial charge in [0.25, 0.3) is 0 Å². The number of benzene rings is 2. The number of carbonyl (C=O) groups is 2. The number of anilines is 1. The minimum atomic E-state index is -3.77. The highest BCUT2D eigenvalue weighted by Crippen LogP contribution is 2.25. The number of aryl methyl sites for hydroxylation is 1. The number of carbonyl (C=O) groups excluding carboxylic acids is 2. The van der Waals surface area contributed by atoms with Crippen molar-refractivity contribution in [3.63, 3.8) is 0 Å². The molecule has 0 unspecified atom stereocenters. The average Bonchev–Trinajstić information content (AvgIpc) is 2.70. The van der Waals surface area contributed by atoms with Gasteiger partial charge in [-0.3, -0.25) is 13.9 Å². The second kappa shape index (κ2) is 10.3. The number of rotatable bonds is 8. The van der Waals surface area contributed by atoms with Crippen molar-refractivity contribution >= 4 is 50.7 Å². The Morgan fingerprint density at radius 2 is 1.77 bits per heavy atom. The molecular weight excluding hydrogens is 461 g/mol. The summed E-state index contributed by atoms with van der Waals surface area (Å²) in [6.45, 7) is 2.88. The van der Waals surface area contributed by atoms with Crippen LogP contribution in [0.5, 0.6) is 0 Å². The Hall–Kier alpha value is -2.29. The summed E-state index contributed by atoms with van der Waals surface area (Å²) in [5.74, 6) is -0.934. The molecule has 2 rings (SSSR count). The third-order valence-corrected chi connectivity index (χ3v) is 6.55. The van der Waals surface area contributed by atoms with E-state index in [9.17, 15) is 18.0 Å². The first-order valence-corrected chi connectivity index (χ1v) is 12.0. The van der Waals surface area contributed by atoms with Crippen molar-refractivity contribution in [1.82, 2.24) is 10.2 Å². The fraction of sp³-hybridized carbons (Fsp3) is 0.333. The molecular formula is C21H25Cl2N3O4S. The van der Waals surface area contributed by atoms with E-state index in [1.165, 1.54) is 11.9 Å². The summed E-state index contributed by atoms with van der Waals surface area (Å²) in [5, 5.41) is 3.29. The van der Waals surface area contributed by atoms with Crippen molar-refractivity contribution in [2.45, 2.75) is 26.4 Å². The second-order valence-electron chi connectivity index (χ2n) is 7.10. The molecule has 1 N–H and O–H groups in total. The number of likely N-dealkylation sites (N-methyl/N-ethyl adjacent to an activating group) is 1. The van der Waals surface area contributed by atoms with Crippen LogP contribution in [-0.2, 0) is 26.2 Å². The molecule has 2 aromatic rings. The molecule has 2 amide bonds. The number of hydrogen-bond donors (Lipinski definition) is 1. The van der Waals surface area contributed by atoms with E-state index in [4.69, 9.17) is 23.2 Å². The van der Waals surface area contributed by atoms with Crippen LogP contribution in [0.1, 0.15) is 18.1 Å². The first-order chi connectivity index (χ1) is 14.5. The maximum Gasteiger partial charge on any atom is 0.244 e. The van der Waals surface area contributed by atoms with Crippen molar-refractivity contribution in [3.8, 4) is 0 Å². The monoisotopic (exact) mass is 485 g/mol. The molecule has 0 aromatic heterocycles. The summed E-state index contributed by atoms with van der Waals surface area (Å²) >= 11 is 12.2. The zero-order valence-electron chi connectivity index (χ0n) is 17.7. The highest BCUT2D eigenvalue weighted by Gasteiger charge is 2.30. The molecule has 0 spiro atoms. The van der Waals surface area contributed by atoms with Gasteiger partial charge in [-0.15, -0.1) is 0 Å². The molecule has 2 aromatic carbocycles. The highest BCUT2D eigenvalue weighted by atomic mass is 35.5. The SMILES string of the molecule is CNC(=O)[C@H](C)N(Cc1ccc(Cl)cc1Cl)C(=O)CN(c1ccccc1C)S(C)(=O)=O. The predicted molar refractivity (Wildman–Crippen MR) is 124 cm³/mol. The number of hydrogen-bond acceptors (Lipinski definition) is 4. The van der Waals surface area contributed by atoms with Gasteiger partial charge in [0.1, 0.15) is 12.6 Å². The zero-order chi connectivity index (χ0) is 23.3. The van der Waals surface area contributed by atoms with Crippen molar-refractivity contribution in [3.05, 3.63) is 63.6 Å². The van der Waals surface area contributed by atoms with Crippen LogP contribution in [0.15, 0.2) is 42.5 Å². The van der Waals surface area contributed by atoms with Gasteiger partial charge in [-0.1, -0.05) is 47.5 Å². The van der Waals surface area contributed by atoms with E-state index in [1.54, 1.807) is 56.3 Å². The molecule has 0 radical (unpaired) electrons. The summed E-state index contributed by atoms with van der Waals surface area (Å²) in [6, 6.07) is 10.9. The maximum atomic E-state index is 13.3. The van der Waals surface area contributed by atoms with Crippen LogP contribution in [0.2, 0.25) is 10.0 Å². The Morgan fingerprint density at radius 1 is 1.13 bits per heavy atom. The normalized spacial score (nSPS) is 12.2. The molecule has 7 nitrogen and oxygen atoms in total. The summed E-state index contributed by atoms with van der Waals surface area (Å²) in [5.41, 5.74) is 1.68. The Labute approximate surface area is 193 Å². The molecule has 168 valence electrons. The van der Waals surface area contributed by atoms with Crippen LogP contribution in [0.4, 0.5) is 5.69 Å². The van der Waals surface area contributed by atoms with E-state index in [0.29, 0.717) is 26.9 Å². The van der Waals surface area contributed by atoms with Crippen molar-refractivity contribution in [1.29, 1.82) is 0 Å². The minimum Gasteiger partial charge on any atom is -0.357 e. The number of halogens is 2. The van der Waals surface area contributed by atoms with E-state index in [0.717, 1.165) is 10.6 Å². The summed E-state index contributed by atoms with van der Waals surface area (Å²) < 4.78 is 26.0. The smallest absolute Gasteiger partial charge is 0.244 e. The van der Waals surface area contributed by atoms with Crippen molar-refractivity contribution in [2.24, 2.45) is 0 Å². The molecule has 0 aliphatic carbocycles. The van der Waals surface area contributed by atoms with E-state index >= 15 is 0 Å². The minimum absolute atomic E-state index is 0.00873. The number of para-hydroxylation sites is 1. The molecule has 31 heavy (non-hydrogen) atoms. The Morgan fingerprint density at radius 3 is 2.32 bits per heavy atom. The third kappa shape index (κ3) is 6.35. The van der Waals surface area contributed by atoms with Gasteiger partial charge in [-0.05, 0) is 43.2 Å². The van der Waals surface area contributed by atoms with Crippen LogP contribution >= 0.6 is 23.2 Å². The van der Waals surface area contributed by atoms with E-state index in [1.807, 2.05) is 0 Å². The lowest BCUT2D eigenvalue weighted by Gasteiger charge is -2.31. The molecule has 0 fully saturated rings. The summed E-state index contributed by atoms with van der Waals surface area (Å²) in [7, 11) is -2.30. The van der Waals surface area contributed by atoms with E-state index < -0.39 is 28.5 Å². The number of nitrogens with zero attached hydrogens (tertiary/aromatic N) is 2. The summed E-state index contributed by atoms with van der Waals surface area (Å²) in [6.07, 6.45) is 1.04. The number of nitrogens with one attached hydrogen (secondary N) is 1. The average molecular weight is 486 g/mol. The largest absolute Gasteiger partial charge is 0.357 e. The van der Waals surface area contributed by atoms with Crippen LogP contribution in [0.25, 0.3) is 0 Å².